The first-order chi connectivity index (χ1) is 11.1. The van der Waals surface area contributed by atoms with Gasteiger partial charge in [0.05, 0.1) is 17.2 Å². The Kier molecular flexibility index (Phi) is 5.50. The Labute approximate surface area is 136 Å². The van der Waals surface area contributed by atoms with Gasteiger partial charge in [0.1, 0.15) is 10.9 Å². The molecule has 0 unspecified atom stereocenters. The van der Waals surface area contributed by atoms with Gasteiger partial charge in [-0.2, -0.15) is 5.26 Å². The van der Waals surface area contributed by atoms with Crippen molar-refractivity contribution in [3.8, 4) is 11.8 Å². The highest BCUT2D eigenvalue weighted by molar-refractivity contribution is 6.29. The molecule has 2 amide bonds. The van der Waals surface area contributed by atoms with E-state index in [0.717, 1.165) is 0 Å². The summed E-state index contributed by atoms with van der Waals surface area (Å²) in [5.41, 5.74) is 5.18. The van der Waals surface area contributed by atoms with Crippen LogP contribution in [-0.2, 0) is 4.79 Å². The third-order valence-corrected chi connectivity index (χ3v) is 2.88. The second kappa shape index (κ2) is 7.77. The Hall–Kier alpha value is -3.11. The lowest BCUT2D eigenvalue weighted by atomic mass is 10.2. The van der Waals surface area contributed by atoms with Gasteiger partial charge in [0.15, 0.2) is 6.61 Å². The second-order valence-corrected chi connectivity index (χ2v) is 4.68. The number of nitrogens with one attached hydrogen (secondary N) is 2. The smallest absolute Gasteiger partial charge is 0.276 e. The monoisotopic (exact) mass is 330 g/mol. The van der Waals surface area contributed by atoms with E-state index in [1.807, 2.05) is 6.07 Å². The number of rotatable bonds is 4. The predicted molar refractivity (Wildman–Crippen MR) is 81.5 cm³/mol. The molecular weight excluding hydrogens is 320 g/mol. The number of nitrogens with zero attached hydrogens (tertiary/aromatic N) is 2. The summed E-state index contributed by atoms with van der Waals surface area (Å²) in [6.45, 7) is -0.287. The van der Waals surface area contributed by atoms with Gasteiger partial charge in [0, 0.05) is 6.20 Å². The molecule has 0 aliphatic heterocycles. The van der Waals surface area contributed by atoms with Crippen LogP contribution in [0.2, 0.25) is 5.15 Å². The van der Waals surface area contributed by atoms with Crippen LogP contribution >= 0.6 is 11.6 Å². The van der Waals surface area contributed by atoms with Crippen LogP contribution in [0.4, 0.5) is 0 Å². The maximum absolute atomic E-state index is 11.7. The number of hydrogen-bond donors (Lipinski definition) is 2. The Balaban J connectivity index is 1.77. The first-order valence-corrected chi connectivity index (χ1v) is 6.80. The van der Waals surface area contributed by atoms with Crippen molar-refractivity contribution in [2.75, 3.05) is 6.61 Å². The molecule has 0 atom stereocenters. The van der Waals surface area contributed by atoms with Crippen molar-refractivity contribution < 1.29 is 14.3 Å². The zero-order chi connectivity index (χ0) is 16.7. The van der Waals surface area contributed by atoms with Gasteiger partial charge < -0.3 is 4.74 Å². The first-order valence-electron chi connectivity index (χ1n) is 6.42. The molecule has 7 nitrogen and oxygen atoms in total. The van der Waals surface area contributed by atoms with Gasteiger partial charge >= 0.3 is 0 Å². The standard InChI is InChI=1S/C15H11ClN4O3/c16-13-6-3-11(8-18-13)15(22)20-19-14(21)9-23-12-4-1-10(7-17)2-5-12/h1-6,8H,9H2,(H,19,21)(H,20,22). The fourth-order valence-corrected chi connectivity index (χ4v) is 1.63. The Morgan fingerprint density at radius 1 is 1.17 bits per heavy atom. The topological polar surface area (TPSA) is 104 Å². The summed E-state index contributed by atoms with van der Waals surface area (Å²) < 4.78 is 5.22. The first kappa shape index (κ1) is 16.3. The molecule has 116 valence electrons. The maximum atomic E-state index is 11.7. The quantitative estimate of drug-likeness (QED) is 0.652. The van der Waals surface area contributed by atoms with Crippen molar-refractivity contribution in [2.45, 2.75) is 0 Å². The van der Waals surface area contributed by atoms with Crippen LogP contribution in [-0.4, -0.2) is 23.4 Å². The molecule has 0 aliphatic carbocycles. The molecule has 1 aromatic heterocycles. The molecule has 2 rings (SSSR count). The van der Waals surface area contributed by atoms with E-state index in [-0.39, 0.29) is 17.3 Å². The summed E-state index contributed by atoms with van der Waals surface area (Å²) in [7, 11) is 0. The number of pyridine rings is 1. The van der Waals surface area contributed by atoms with Crippen molar-refractivity contribution in [3.63, 3.8) is 0 Å². The number of amides is 2. The molecule has 23 heavy (non-hydrogen) atoms. The average molecular weight is 331 g/mol. The molecule has 1 heterocycles. The van der Waals surface area contributed by atoms with Crippen molar-refractivity contribution in [3.05, 3.63) is 58.9 Å². The molecule has 0 saturated carbocycles. The van der Waals surface area contributed by atoms with Crippen LogP contribution in [0.1, 0.15) is 15.9 Å². The summed E-state index contributed by atoms with van der Waals surface area (Å²) in [6, 6.07) is 11.2. The van der Waals surface area contributed by atoms with Gasteiger partial charge in [-0.1, -0.05) is 11.6 Å². The number of aromatic nitrogens is 1. The molecule has 2 N–H and O–H groups in total. The van der Waals surface area contributed by atoms with Gasteiger partial charge in [-0.15, -0.1) is 0 Å². The summed E-state index contributed by atoms with van der Waals surface area (Å²) in [4.78, 5) is 27.1. The second-order valence-electron chi connectivity index (χ2n) is 4.30. The normalized spacial score (nSPS) is 9.57. The predicted octanol–water partition coefficient (Wildman–Crippen LogP) is 1.45. The van der Waals surface area contributed by atoms with Crippen molar-refractivity contribution in [1.82, 2.24) is 15.8 Å². The summed E-state index contributed by atoms with van der Waals surface area (Å²) in [6.07, 6.45) is 1.29. The minimum Gasteiger partial charge on any atom is -0.484 e. The van der Waals surface area contributed by atoms with Crippen molar-refractivity contribution in [1.29, 1.82) is 5.26 Å². The minimum atomic E-state index is -0.537. The highest BCUT2D eigenvalue weighted by Gasteiger charge is 2.08. The number of benzene rings is 1. The Bertz CT molecular complexity index is 739. The molecule has 0 saturated heterocycles. The molecule has 8 heteroatoms. The van der Waals surface area contributed by atoms with Crippen molar-refractivity contribution in [2.24, 2.45) is 0 Å². The fraction of sp³-hybridized carbons (Fsp3) is 0.0667. The van der Waals surface area contributed by atoms with E-state index < -0.39 is 11.8 Å². The molecule has 2 aromatic rings. The third kappa shape index (κ3) is 4.98. The molecule has 0 fully saturated rings. The van der Waals surface area contributed by atoms with E-state index in [0.29, 0.717) is 11.3 Å². The van der Waals surface area contributed by atoms with Crippen LogP contribution in [0.3, 0.4) is 0 Å². The van der Waals surface area contributed by atoms with Crippen molar-refractivity contribution >= 4 is 23.4 Å². The number of nitriles is 1. The number of hydrazine groups is 1. The van der Waals surface area contributed by atoms with Crippen LogP contribution in [0.15, 0.2) is 42.6 Å². The molecule has 0 aliphatic rings. The van der Waals surface area contributed by atoms with E-state index in [2.05, 4.69) is 15.8 Å². The molecule has 0 spiro atoms. The van der Waals surface area contributed by atoms with Crippen LogP contribution < -0.4 is 15.6 Å². The zero-order valence-corrected chi connectivity index (χ0v) is 12.5. The largest absolute Gasteiger partial charge is 0.484 e. The zero-order valence-electron chi connectivity index (χ0n) is 11.7. The van der Waals surface area contributed by atoms with E-state index in [4.69, 9.17) is 21.6 Å². The highest BCUT2D eigenvalue weighted by atomic mass is 35.5. The lowest BCUT2D eigenvalue weighted by Crippen LogP contribution is -2.43. The Morgan fingerprint density at radius 2 is 1.91 bits per heavy atom. The number of hydrogen-bond acceptors (Lipinski definition) is 5. The number of halogens is 1. The van der Waals surface area contributed by atoms with E-state index >= 15 is 0 Å². The number of ether oxygens (including phenoxy) is 1. The van der Waals surface area contributed by atoms with E-state index in [1.165, 1.54) is 18.3 Å². The van der Waals surface area contributed by atoms with Gasteiger partial charge in [-0.3, -0.25) is 20.4 Å². The van der Waals surface area contributed by atoms with Gasteiger partial charge in [-0.25, -0.2) is 4.98 Å². The SMILES string of the molecule is N#Cc1ccc(OCC(=O)NNC(=O)c2ccc(Cl)nc2)cc1. The lowest BCUT2D eigenvalue weighted by molar-refractivity contribution is -0.123. The van der Waals surface area contributed by atoms with Gasteiger partial charge in [0.2, 0.25) is 0 Å². The van der Waals surface area contributed by atoms with E-state index in [1.54, 1.807) is 24.3 Å². The number of carbonyl (C=O) groups is 2. The molecule has 1 aromatic carbocycles. The van der Waals surface area contributed by atoms with Gasteiger partial charge in [-0.05, 0) is 36.4 Å². The highest BCUT2D eigenvalue weighted by Crippen LogP contribution is 2.11. The van der Waals surface area contributed by atoms with Crippen LogP contribution in [0.25, 0.3) is 0 Å². The van der Waals surface area contributed by atoms with Crippen LogP contribution in [0.5, 0.6) is 5.75 Å². The van der Waals surface area contributed by atoms with E-state index in [9.17, 15) is 9.59 Å². The average Bonchev–Trinajstić information content (AvgIpc) is 2.59. The fourth-order valence-electron chi connectivity index (χ4n) is 1.52. The number of carbonyl (C=O) groups excluding carboxylic acids is 2. The van der Waals surface area contributed by atoms with Crippen LogP contribution in [0, 0.1) is 11.3 Å². The van der Waals surface area contributed by atoms with Gasteiger partial charge in [0.25, 0.3) is 11.8 Å². The summed E-state index contributed by atoms with van der Waals surface area (Å²) in [5, 5.41) is 8.94. The molecule has 0 radical (unpaired) electrons. The lowest BCUT2D eigenvalue weighted by Gasteiger charge is -2.08. The third-order valence-electron chi connectivity index (χ3n) is 2.66. The molecule has 0 bridgehead atoms. The summed E-state index contributed by atoms with van der Waals surface area (Å²) in [5.74, 6) is -0.627. The maximum Gasteiger partial charge on any atom is 0.276 e. The molecular formula is C15H11ClN4O3. The summed E-state index contributed by atoms with van der Waals surface area (Å²) >= 11 is 5.62. The Morgan fingerprint density at radius 3 is 2.52 bits per heavy atom. The minimum absolute atomic E-state index is 0.253.